The van der Waals surface area contributed by atoms with Gasteiger partial charge in [-0.15, -0.1) is 0 Å². The van der Waals surface area contributed by atoms with Crippen molar-refractivity contribution < 1.29 is 18.7 Å². The lowest BCUT2D eigenvalue weighted by atomic mass is 9.97. The van der Waals surface area contributed by atoms with E-state index in [4.69, 9.17) is 4.74 Å². The van der Waals surface area contributed by atoms with Gasteiger partial charge in [-0.25, -0.2) is 4.39 Å². The second-order valence-corrected chi connectivity index (χ2v) is 7.09. The third-order valence-electron chi connectivity index (χ3n) is 4.99. The summed E-state index contributed by atoms with van der Waals surface area (Å²) < 4.78 is 18.8. The number of nitrogens with zero attached hydrogens (tertiary/aromatic N) is 1. The average Bonchev–Trinajstić information content (AvgIpc) is 2.76. The summed E-state index contributed by atoms with van der Waals surface area (Å²) in [5.41, 5.74) is 2.96. The molecule has 0 bridgehead atoms. The summed E-state index contributed by atoms with van der Waals surface area (Å²) in [5, 5.41) is 2.77. The molecule has 0 saturated heterocycles. The number of halogens is 1. The lowest BCUT2D eigenvalue weighted by molar-refractivity contribution is -0.118. The zero-order chi connectivity index (χ0) is 20.9. The van der Waals surface area contributed by atoms with Crippen molar-refractivity contribution in [2.45, 2.75) is 13.0 Å². The molecule has 0 spiro atoms. The molecule has 30 heavy (non-hydrogen) atoms. The number of amides is 2. The number of hydrogen-bond acceptors (Lipinski definition) is 3. The van der Waals surface area contributed by atoms with Gasteiger partial charge in [0.2, 0.25) is 0 Å². The predicted molar refractivity (Wildman–Crippen MR) is 112 cm³/mol. The van der Waals surface area contributed by atoms with Gasteiger partial charge in [-0.1, -0.05) is 36.4 Å². The fourth-order valence-electron chi connectivity index (χ4n) is 3.50. The van der Waals surface area contributed by atoms with Crippen LogP contribution in [-0.2, 0) is 17.8 Å². The van der Waals surface area contributed by atoms with E-state index in [9.17, 15) is 14.0 Å². The minimum atomic E-state index is -0.299. The highest BCUT2D eigenvalue weighted by Crippen LogP contribution is 2.29. The first-order valence-electron chi connectivity index (χ1n) is 9.73. The maximum absolute atomic E-state index is 13.1. The topological polar surface area (TPSA) is 58.6 Å². The van der Waals surface area contributed by atoms with Crippen LogP contribution in [-0.4, -0.2) is 29.9 Å². The van der Waals surface area contributed by atoms with Gasteiger partial charge in [0.25, 0.3) is 11.8 Å². The van der Waals surface area contributed by atoms with E-state index in [1.165, 1.54) is 12.1 Å². The lowest BCUT2D eigenvalue weighted by Crippen LogP contribution is -2.37. The smallest absolute Gasteiger partial charge is 0.262 e. The van der Waals surface area contributed by atoms with E-state index in [1.807, 2.05) is 18.2 Å². The Morgan fingerprint density at radius 2 is 1.77 bits per heavy atom. The second kappa shape index (κ2) is 8.78. The predicted octanol–water partition coefficient (Wildman–Crippen LogP) is 4.04. The molecular weight excluding hydrogens is 383 g/mol. The highest BCUT2D eigenvalue weighted by Gasteiger charge is 2.26. The summed E-state index contributed by atoms with van der Waals surface area (Å²) >= 11 is 0. The number of fused-ring (bicyclic) bond motifs is 1. The Hall–Kier alpha value is -3.67. The molecule has 2 amide bonds. The number of carbonyl (C=O) groups excluding carboxylic acids is 2. The number of ether oxygens (including phenoxy) is 1. The molecule has 5 nitrogen and oxygen atoms in total. The van der Waals surface area contributed by atoms with Crippen molar-refractivity contribution >= 4 is 17.5 Å². The van der Waals surface area contributed by atoms with Gasteiger partial charge < -0.3 is 15.0 Å². The largest absolute Gasteiger partial charge is 0.483 e. The van der Waals surface area contributed by atoms with E-state index in [2.05, 4.69) is 5.32 Å². The number of hydrogen-bond donors (Lipinski definition) is 1. The van der Waals surface area contributed by atoms with Crippen LogP contribution in [0.5, 0.6) is 5.75 Å². The number of anilines is 1. The van der Waals surface area contributed by atoms with E-state index in [0.717, 1.165) is 11.1 Å². The molecule has 6 heteroatoms. The Bertz CT molecular complexity index is 1050. The van der Waals surface area contributed by atoms with Crippen LogP contribution in [0, 0.1) is 5.82 Å². The molecule has 0 aliphatic carbocycles. The lowest BCUT2D eigenvalue weighted by Gasteiger charge is -2.29. The van der Waals surface area contributed by atoms with E-state index in [-0.39, 0.29) is 24.2 Å². The van der Waals surface area contributed by atoms with Crippen molar-refractivity contribution in [2.24, 2.45) is 0 Å². The van der Waals surface area contributed by atoms with Crippen LogP contribution in [0.25, 0.3) is 0 Å². The normalized spacial score (nSPS) is 13.0. The molecule has 0 unspecified atom stereocenters. The van der Waals surface area contributed by atoms with Gasteiger partial charge >= 0.3 is 0 Å². The first-order chi connectivity index (χ1) is 14.6. The minimum absolute atomic E-state index is 0.0974. The van der Waals surface area contributed by atoms with Gasteiger partial charge in [0.15, 0.2) is 6.61 Å². The fourth-order valence-corrected chi connectivity index (χ4v) is 3.50. The summed E-state index contributed by atoms with van der Waals surface area (Å²) in [6.45, 7) is 0.807. The van der Waals surface area contributed by atoms with Crippen molar-refractivity contribution in [1.29, 1.82) is 0 Å². The molecule has 0 fully saturated rings. The van der Waals surface area contributed by atoms with Crippen LogP contribution in [0.4, 0.5) is 10.1 Å². The summed E-state index contributed by atoms with van der Waals surface area (Å²) in [6, 6.07) is 20.6. The highest BCUT2D eigenvalue weighted by atomic mass is 19.1. The first-order valence-corrected chi connectivity index (χ1v) is 9.73. The second-order valence-electron chi connectivity index (χ2n) is 7.09. The molecule has 1 aliphatic heterocycles. The molecule has 1 aliphatic rings. The van der Waals surface area contributed by atoms with Crippen LogP contribution >= 0.6 is 0 Å². The van der Waals surface area contributed by atoms with Crippen LogP contribution in [0.15, 0.2) is 72.8 Å². The number of nitrogens with one attached hydrogen (secondary N) is 1. The van der Waals surface area contributed by atoms with Crippen molar-refractivity contribution in [3.63, 3.8) is 0 Å². The van der Waals surface area contributed by atoms with E-state index >= 15 is 0 Å². The van der Waals surface area contributed by atoms with Crippen LogP contribution in [0.3, 0.4) is 0 Å². The number of carbonyl (C=O) groups is 2. The molecule has 0 radical (unpaired) electrons. The van der Waals surface area contributed by atoms with Gasteiger partial charge in [-0.05, 0) is 48.4 Å². The minimum Gasteiger partial charge on any atom is -0.483 e. The number of rotatable bonds is 6. The Morgan fingerprint density at radius 1 is 1.00 bits per heavy atom. The Balaban J connectivity index is 1.42. The molecule has 1 heterocycles. The SMILES string of the molecule is O=C(COc1cccc2c1CCN(Cc1ccc(F)cc1)C2=O)Nc1ccccc1. The van der Waals surface area contributed by atoms with Crippen molar-refractivity contribution in [3.05, 3.63) is 95.3 Å². The standard InChI is InChI=1S/C24H21FN2O3/c25-18-11-9-17(10-12-18)15-27-14-13-20-21(24(27)29)7-4-8-22(20)30-16-23(28)26-19-5-2-1-3-6-19/h1-12H,13-16H2,(H,26,28). The molecule has 0 saturated carbocycles. The Kier molecular flexibility index (Phi) is 5.75. The molecule has 1 N–H and O–H groups in total. The van der Waals surface area contributed by atoms with Crippen LogP contribution < -0.4 is 10.1 Å². The summed E-state index contributed by atoms with van der Waals surface area (Å²) in [5.74, 6) is -0.115. The van der Waals surface area contributed by atoms with E-state index < -0.39 is 0 Å². The average molecular weight is 404 g/mol. The molecular formula is C24H21FN2O3. The zero-order valence-electron chi connectivity index (χ0n) is 16.3. The quantitative estimate of drug-likeness (QED) is 0.675. The van der Waals surface area contributed by atoms with E-state index in [0.29, 0.717) is 36.5 Å². The molecule has 3 aromatic carbocycles. The molecule has 0 atom stereocenters. The fraction of sp³-hybridized carbons (Fsp3) is 0.167. The number of benzene rings is 3. The van der Waals surface area contributed by atoms with Crippen molar-refractivity contribution in [2.75, 3.05) is 18.5 Å². The number of para-hydroxylation sites is 1. The highest BCUT2D eigenvalue weighted by molar-refractivity contribution is 5.97. The summed E-state index contributed by atoms with van der Waals surface area (Å²) in [4.78, 5) is 26.8. The van der Waals surface area contributed by atoms with Gasteiger partial charge in [-0.2, -0.15) is 0 Å². The monoisotopic (exact) mass is 404 g/mol. The van der Waals surface area contributed by atoms with Crippen LogP contribution in [0.1, 0.15) is 21.5 Å². The maximum atomic E-state index is 13.1. The van der Waals surface area contributed by atoms with Gasteiger partial charge in [0, 0.05) is 29.9 Å². The molecule has 152 valence electrons. The Labute approximate surface area is 174 Å². The van der Waals surface area contributed by atoms with Gasteiger partial charge in [0.1, 0.15) is 11.6 Å². The van der Waals surface area contributed by atoms with Crippen molar-refractivity contribution in [3.8, 4) is 5.75 Å². The third kappa shape index (κ3) is 4.49. The Morgan fingerprint density at radius 3 is 2.53 bits per heavy atom. The zero-order valence-corrected chi connectivity index (χ0v) is 16.3. The maximum Gasteiger partial charge on any atom is 0.262 e. The van der Waals surface area contributed by atoms with Gasteiger partial charge in [-0.3, -0.25) is 9.59 Å². The van der Waals surface area contributed by atoms with E-state index in [1.54, 1.807) is 47.4 Å². The van der Waals surface area contributed by atoms with Gasteiger partial charge in [0.05, 0.1) is 0 Å². The molecule has 0 aromatic heterocycles. The summed E-state index contributed by atoms with van der Waals surface area (Å²) in [6.07, 6.45) is 0.624. The van der Waals surface area contributed by atoms with Crippen molar-refractivity contribution in [1.82, 2.24) is 4.90 Å². The third-order valence-corrected chi connectivity index (χ3v) is 4.99. The summed E-state index contributed by atoms with van der Waals surface area (Å²) in [7, 11) is 0. The molecule has 4 rings (SSSR count). The van der Waals surface area contributed by atoms with Crippen LogP contribution in [0.2, 0.25) is 0 Å². The first kappa shape index (κ1) is 19.6. The molecule has 3 aromatic rings.